The Hall–Kier alpha value is -3.17. The molecule has 1 aliphatic heterocycles. The Labute approximate surface area is 225 Å². The second-order valence-electron chi connectivity index (χ2n) is 9.33. The van der Waals surface area contributed by atoms with Gasteiger partial charge in [-0.25, -0.2) is 14.3 Å². The highest BCUT2D eigenvalue weighted by Gasteiger charge is 2.22. The highest BCUT2D eigenvalue weighted by molar-refractivity contribution is 7.97. The van der Waals surface area contributed by atoms with E-state index < -0.39 is 0 Å². The molecule has 2 aromatic carbocycles. The number of anilines is 2. The number of likely N-dealkylation sites (N-methyl/N-ethyl adjacent to an activating group) is 1. The Bertz CT molecular complexity index is 1150. The maximum absolute atomic E-state index is 5.56. The minimum absolute atomic E-state index is 0.575. The summed E-state index contributed by atoms with van der Waals surface area (Å²) in [6.07, 6.45) is 13.5. The summed E-state index contributed by atoms with van der Waals surface area (Å²) < 4.78 is 2.56. The second-order valence-corrected chi connectivity index (χ2v) is 10.5. The van der Waals surface area contributed by atoms with E-state index in [-0.39, 0.29) is 0 Å². The molecule has 0 bridgehead atoms. The van der Waals surface area contributed by atoms with Gasteiger partial charge in [0.15, 0.2) is 0 Å². The number of nitrogens with zero attached hydrogens (tertiary/aromatic N) is 4. The molecule has 1 saturated heterocycles. The van der Waals surface area contributed by atoms with Gasteiger partial charge < -0.3 is 21.3 Å². The summed E-state index contributed by atoms with van der Waals surface area (Å²) in [4.78, 5) is 12.5. The van der Waals surface area contributed by atoms with Gasteiger partial charge in [0.2, 0.25) is 5.95 Å². The summed E-state index contributed by atoms with van der Waals surface area (Å²) >= 11 is 1.86. The summed E-state index contributed by atoms with van der Waals surface area (Å²) in [5.74, 6) is 0.575. The van der Waals surface area contributed by atoms with Crippen molar-refractivity contribution in [1.29, 1.82) is 0 Å². The van der Waals surface area contributed by atoms with E-state index >= 15 is 0 Å². The van der Waals surface area contributed by atoms with Crippen LogP contribution in [-0.2, 0) is 0 Å². The van der Waals surface area contributed by atoms with Gasteiger partial charge in [0, 0.05) is 47.7 Å². The lowest BCUT2D eigenvalue weighted by Crippen LogP contribution is -2.42. The molecular formula is C29H37N7S. The lowest BCUT2D eigenvalue weighted by Gasteiger charge is -2.34. The zero-order chi connectivity index (χ0) is 25.9. The molecular weight excluding hydrogens is 478 g/mol. The molecule has 0 saturated carbocycles. The second kappa shape index (κ2) is 13.9. The van der Waals surface area contributed by atoms with Crippen molar-refractivity contribution in [2.45, 2.75) is 23.8 Å². The largest absolute Gasteiger partial charge is 0.405 e. The Morgan fingerprint density at radius 1 is 0.946 bits per heavy atom. The number of aromatic nitrogens is 2. The Kier molecular flexibility index (Phi) is 10.1. The number of hydrogen-bond donors (Lipinski definition) is 3. The molecule has 7 nitrogen and oxygen atoms in total. The zero-order valence-corrected chi connectivity index (χ0v) is 22.5. The van der Waals surface area contributed by atoms with Crippen molar-refractivity contribution < 1.29 is 0 Å². The van der Waals surface area contributed by atoms with Gasteiger partial charge in [0.25, 0.3) is 0 Å². The van der Waals surface area contributed by atoms with Crippen LogP contribution in [-0.4, -0.2) is 65.5 Å². The molecule has 194 valence electrons. The molecule has 0 amide bonds. The lowest BCUT2D eigenvalue weighted by atomic mass is 10.1. The fraction of sp³-hybridized carbons (Fsp3) is 0.310. The molecule has 4 N–H and O–H groups in total. The van der Waals surface area contributed by atoms with Crippen LogP contribution >= 0.6 is 11.9 Å². The van der Waals surface area contributed by atoms with Gasteiger partial charge in [-0.1, -0.05) is 36.4 Å². The van der Waals surface area contributed by atoms with Crippen molar-refractivity contribution in [3.8, 4) is 0 Å². The third-order valence-electron chi connectivity index (χ3n) is 6.22. The Balaban J connectivity index is 1.35. The zero-order valence-electron chi connectivity index (χ0n) is 21.7. The van der Waals surface area contributed by atoms with Crippen molar-refractivity contribution in [1.82, 2.24) is 24.5 Å². The molecule has 2 heterocycles. The number of nitrogens with two attached hydrogens (primary N) is 1. The summed E-state index contributed by atoms with van der Waals surface area (Å²) in [6.45, 7) is 4.29. The predicted molar refractivity (Wildman–Crippen MR) is 157 cm³/mol. The molecule has 0 atom stereocenters. The molecule has 0 radical (unpaired) electrons. The minimum atomic E-state index is 0.575. The van der Waals surface area contributed by atoms with Gasteiger partial charge in [-0.3, -0.25) is 0 Å². The number of hydrogen-bond acceptors (Lipinski definition) is 8. The fourth-order valence-electron chi connectivity index (χ4n) is 4.15. The number of nitrogens with one attached hydrogen (secondary N) is 2. The Morgan fingerprint density at radius 3 is 2.27 bits per heavy atom. The van der Waals surface area contributed by atoms with Crippen LogP contribution in [0.15, 0.2) is 72.0 Å². The smallest absolute Gasteiger partial charge is 0.227 e. The van der Waals surface area contributed by atoms with Crippen LogP contribution in [0.2, 0.25) is 0 Å². The highest BCUT2D eigenvalue weighted by atomic mass is 32.2. The summed E-state index contributed by atoms with van der Waals surface area (Å²) in [5.41, 5.74) is 9.62. The first-order valence-corrected chi connectivity index (χ1v) is 13.5. The van der Waals surface area contributed by atoms with E-state index in [4.69, 9.17) is 5.73 Å². The maximum Gasteiger partial charge on any atom is 0.227 e. The highest BCUT2D eigenvalue weighted by Crippen LogP contribution is 2.29. The van der Waals surface area contributed by atoms with E-state index in [9.17, 15) is 0 Å². The first kappa shape index (κ1) is 26.9. The van der Waals surface area contributed by atoms with Crippen LogP contribution < -0.4 is 16.4 Å². The molecule has 1 aromatic heterocycles. The average Bonchev–Trinajstić information content (AvgIpc) is 2.93. The van der Waals surface area contributed by atoms with E-state index in [1.54, 1.807) is 6.20 Å². The molecule has 0 aliphatic carbocycles. The van der Waals surface area contributed by atoms with Crippen LogP contribution in [0.1, 0.15) is 29.5 Å². The molecule has 37 heavy (non-hydrogen) atoms. The summed E-state index contributed by atoms with van der Waals surface area (Å²) in [7, 11) is 4.27. The standard InChI is InChI=1S/C29H37N7S/c1-35(2)19-20-36(27-14-17-31-18-15-27)37-28-11-9-26(10-12-28)34-29-32-21-23(22-33-29)7-8-24-5-3-4-6-25(24)13-16-30/h3-13,16,21-22,27,31H,14-15,17-20,30H2,1-2H3,(H,32,33,34)/b8-7+,16-13-. The number of rotatable bonds is 11. The van der Waals surface area contributed by atoms with Crippen LogP contribution in [0.4, 0.5) is 11.6 Å². The Morgan fingerprint density at radius 2 is 1.62 bits per heavy atom. The van der Waals surface area contributed by atoms with Crippen LogP contribution in [0.3, 0.4) is 0 Å². The maximum atomic E-state index is 5.56. The van der Waals surface area contributed by atoms with E-state index in [0.29, 0.717) is 12.0 Å². The lowest BCUT2D eigenvalue weighted by molar-refractivity contribution is 0.257. The van der Waals surface area contributed by atoms with Crippen molar-refractivity contribution in [2.75, 3.05) is 45.6 Å². The topological polar surface area (TPSA) is 82.3 Å². The first-order chi connectivity index (χ1) is 18.1. The van der Waals surface area contributed by atoms with Gasteiger partial charge in [-0.15, -0.1) is 0 Å². The molecule has 0 spiro atoms. The van der Waals surface area contributed by atoms with E-state index in [1.165, 1.54) is 17.7 Å². The van der Waals surface area contributed by atoms with Crippen molar-refractivity contribution in [3.63, 3.8) is 0 Å². The molecule has 3 aromatic rings. The first-order valence-electron chi connectivity index (χ1n) is 12.8. The van der Waals surface area contributed by atoms with Crippen molar-refractivity contribution in [2.24, 2.45) is 5.73 Å². The van der Waals surface area contributed by atoms with Crippen molar-refractivity contribution >= 4 is 41.8 Å². The monoisotopic (exact) mass is 515 g/mol. The summed E-state index contributed by atoms with van der Waals surface area (Å²) in [5, 5.41) is 6.78. The van der Waals surface area contributed by atoms with Gasteiger partial charge in [-0.2, -0.15) is 0 Å². The number of piperidine rings is 1. The van der Waals surface area contributed by atoms with E-state index in [1.807, 2.05) is 60.8 Å². The van der Waals surface area contributed by atoms with Crippen LogP contribution in [0.5, 0.6) is 0 Å². The van der Waals surface area contributed by atoms with Crippen LogP contribution in [0, 0.1) is 0 Å². The quantitative estimate of drug-likeness (QED) is 0.310. The molecule has 8 heteroatoms. The minimum Gasteiger partial charge on any atom is -0.405 e. The van der Waals surface area contributed by atoms with E-state index in [2.05, 4.69) is 74.2 Å². The molecule has 0 unspecified atom stereocenters. The molecule has 1 fully saturated rings. The summed E-state index contributed by atoms with van der Waals surface area (Å²) in [6, 6.07) is 17.2. The van der Waals surface area contributed by atoms with Gasteiger partial charge in [0.1, 0.15) is 0 Å². The van der Waals surface area contributed by atoms with Gasteiger partial charge in [0.05, 0.1) is 0 Å². The number of benzene rings is 2. The predicted octanol–water partition coefficient (Wildman–Crippen LogP) is 4.94. The normalized spacial score (nSPS) is 14.8. The SMILES string of the molecule is CN(C)CCN(Sc1ccc(Nc2ncc(/C=C/c3ccccc3/C=C\N)cn2)cc1)C1CCNCC1. The molecule has 4 rings (SSSR count). The van der Waals surface area contributed by atoms with Crippen molar-refractivity contribution in [3.05, 3.63) is 83.8 Å². The molecule has 1 aliphatic rings. The fourth-order valence-corrected chi connectivity index (χ4v) is 5.21. The third kappa shape index (κ3) is 8.43. The van der Waals surface area contributed by atoms with E-state index in [0.717, 1.165) is 48.6 Å². The van der Waals surface area contributed by atoms with Gasteiger partial charge >= 0.3 is 0 Å². The van der Waals surface area contributed by atoms with Crippen LogP contribution in [0.25, 0.3) is 18.2 Å². The average molecular weight is 516 g/mol. The van der Waals surface area contributed by atoms with Gasteiger partial charge in [-0.05, 0) is 99.6 Å². The third-order valence-corrected chi connectivity index (χ3v) is 7.41.